The lowest BCUT2D eigenvalue weighted by Crippen LogP contribution is -2.39. The SMILES string of the molecule is CNC(Cc1ccc(Cl)cc1)C1CCC(C)O1. The Kier molecular flexibility index (Phi) is 4.43. The maximum atomic E-state index is 5.92. The van der Waals surface area contributed by atoms with E-state index in [2.05, 4.69) is 24.4 Å². The zero-order valence-corrected chi connectivity index (χ0v) is 11.2. The van der Waals surface area contributed by atoms with Crippen molar-refractivity contribution in [1.82, 2.24) is 5.32 Å². The van der Waals surface area contributed by atoms with Crippen molar-refractivity contribution in [2.45, 2.75) is 44.4 Å². The molecule has 1 N–H and O–H groups in total. The summed E-state index contributed by atoms with van der Waals surface area (Å²) in [6.45, 7) is 2.15. The Morgan fingerprint density at radius 3 is 2.59 bits per heavy atom. The second kappa shape index (κ2) is 5.85. The summed E-state index contributed by atoms with van der Waals surface area (Å²) in [6.07, 6.45) is 4.06. The largest absolute Gasteiger partial charge is 0.374 e. The van der Waals surface area contributed by atoms with E-state index in [4.69, 9.17) is 16.3 Å². The third kappa shape index (κ3) is 3.44. The van der Waals surface area contributed by atoms with Crippen LogP contribution in [-0.4, -0.2) is 25.3 Å². The second-order valence-corrected chi connectivity index (χ2v) is 5.22. The van der Waals surface area contributed by atoms with Gasteiger partial charge in [0.1, 0.15) is 0 Å². The highest BCUT2D eigenvalue weighted by molar-refractivity contribution is 6.30. The third-order valence-electron chi connectivity index (χ3n) is 3.45. The van der Waals surface area contributed by atoms with Crippen LogP contribution in [0.15, 0.2) is 24.3 Å². The minimum Gasteiger partial charge on any atom is -0.374 e. The van der Waals surface area contributed by atoms with Crippen molar-refractivity contribution in [3.63, 3.8) is 0 Å². The van der Waals surface area contributed by atoms with Crippen LogP contribution in [0.25, 0.3) is 0 Å². The molecule has 17 heavy (non-hydrogen) atoms. The molecule has 1 fully saturated rings. The average Bonchev–Trinajstić information content (AvgIpc) is 2.75. The minimum atomic E-state index is 0.339. The molecule has 0 amide bonds. The molecule has 94 valence electrons. The molecule has 0 aromatic heterocycles. The van der Waals surface area contributed by atoms with Crippen molar-refractivity contribution in [3.05, 3.63) is 34.9 Å². The molecule has 2 rings (SSSR count). The van der Waals surface area contributed by atoms with Crippen molar-refractivity contribution in [2.24, 2.45) is 0 Å². The standard InChI is InChI=1S/C14H20ClNO/c1-10-3-8-14(17-10)13(16-2)9-11-4-6-12(15)7-5-11/h4-7,10,13-14,16H,3,8-9H2,1-2H3. The number of rotatable bonds is 4. The smallest absolute Gasteiger partial charge is 0.0735 e. The number of halogens is 1. The Morgan fingerprint density at radius 2 is 2.06 bits per heavy atom. The summed E-state index contributed by atoms with van der Waals surface area (Å²) < 4.78 is 5.92. The Morgan fingerprint density at radius 1 is 1.35 bits per heavy atom. The van der Waals surface area contributed by atoms with E-state index in [0.29, 0.717) is 18.2 Å². The van der Waals surface area contributed by atoms with Crippen LogP contribution in [0.5, 0.6) is 0 Å². The van der Waals surface area contributed by atoms with Gasteiger partial charge in [0.05, 0.1) is 12.2 Å². The molecule has 2 nitrogen and oxygen atoms in total. The number of likely N-dealkylation sites (N-methyl/N-ethyl adjacent to an activating group) is 1. The lowest BCUT2D eigenvalue weighted by Gasteiger charge is -2.23. The maximum Gasteiger partial charge on any atom is 0.0735 e. The van der Waals surface area contributed by atoms with Crippen LogP contribution in [0, 0.1) is 0 Å². The summed E-state index contributed by atoms with van der Waals surface area (Å²) in [7, 11) is 2.01. The highest BCUT2D eigenvalue weighted by Gasteiger charge is 2.28. The molecule has 0 spiro atoms. The molecule has 0 radical (unpaired) electrons. The first kappa shape index (κ1) is 12.9. The van der Waals surface area contributed by atoms with Gasteiger partial charge in [-0.05, 0) is 50.9 Å². The van der Waals surface area contributed by atoms with Crippen molar-refractivity contribution >= 4 is 11.6 Å². The van der Waals surface area contributed by atoms with Crippen LogP contribution in [0.2, 0.25) is 5.02 Å². The van der Waals surface area contributed by atoms with E-state index >= 15 is 0 Å². The van der Waals surface area contributed by atoms with E-state index in [0.717, 1.165) is 17.9 Å². The third-order valence-corrected chi connectivity index (χ3v) is 3.71. The molecular weight excluding hydrogens is 234 g/mol. The quantitative estimate of drug-likeness (QED) is 0.891. The van der Waals surface area contributed by atoms with Crippen LogP contribution in [0.4, 0.5) is 0 Å². The lowest BCUT2D eigenvalue weighted by atomic mass is 9.99. The molecule has 1 aliphatic rings. The average molecular weight is 254 g/mol. The topological polar surface area (TPSA) is 21.3 Å². The molecule has 3 unspecified atom stereocenters. The molecule has 1 aromatic rings. The van der Waals surface area contributed by atoms with E-state index in [9.17, 15) is 0 Å². The van der Waals surface area contributed by atoms with Gasteiger partial charge >= 0.3 is 0 Å². The number of nitrogens with one attached hydrogen (secondary N) is 1. The van der Waals surface area contributed by atoms with Gasteiger partial charge in [-0.2, -0.15) is 0 Å². The summed E-state index contributed by atoms with van der Waals surface area (Å²) >= 11 is 5.89. The van der Waals surface area contributed by atoms with Crippen molar-refractivity contribution in [3.8, 4) is 0 Å². The Labute approximate surface area is 108 Å². The highest BCUT2D eigenvalue weighted by atomic mass is 35.5. The zero-order chi connectivity index (χ0) is 12.3. The van der Waals surface area contributed by atoms with Gasteiger partial charge in [-0.25, -0.2) is 0 Å². The first-order valence-electron chi connectivity index (χ1n) is 6.26. The van der Waals surface area contributed by atoms with Crippen LogP contribution >= 0.6 is 11.6 Å². The van der Waals surface area contributed by atoms with E-state index in [1.807, 2.05) is 19.2 Å². The summed E-state index contributed by atoms with van der Waals surface area (Å²) in [5.74, 6) is 0. The van der Waals surface area contributed by atoms with Gasteiger partial charge < -0.3 is 10.1 Å². The van der Waals surface area contributed by atoms with Gasteiger partial charge in [-0.15, -0.1) is 0 Å². The van der Waals surface area contributed by atoms with Crippen molar-refractivity contribution in [2.75, 3.05) is 7.05 Å². The molecule has 1 aromatic carbocycles. The van der Waals surface area contributed by atoms with Crippen LogP contribution in [0.1, 0.15) is 25.3 Å². The molecular formula is C14H20ClNO. The van der Waals surface area contributed by atoms with Crippen LogP contribution in [-0.2, 0) is 11.2 Å². The fourth-order valence-electron chi connectivity index (χ4n) is 2.42. The van der Waals surface area contributed by atoms with Gasteiger partial charge in [0, 0.05) is 11.1 Å². The molecule has 0 aliphatic carbocycles. The summed E-state index contributed by atoms with van der Waals surface area (Å²) in [4.78, 5) is 0. The van der Waals surface area contributed by atoms with Gasteiger partial charge in [0.15, 0.2) is 0 Å². The molecule has 0 bridgehead atoms. The highest BCUT2D eigenvalue weighted by Crippen LogP contribution is 2.23. The molecule has 3 heteroatoms. The first-order valence-corrected chi connectivity index (χ1v) is 6.64. The predicted molar refractivity (Wildman–Crippen MR) is 71.6 cm³/mol. The molecule has 0 saturated carbocycles. The number of hydrogen-bond acceptors (Lipinski definition) is 2. The van der Waals surface area contributed by atoms with Crippen molar-refractivity contribution < 1.29 is 4.74 Å². The van der Waals surface area contributed by atoms with Crippen LogP contribution in [0.3, 0.4) is 0 Å². The van der Waals surface area contributed by atoms with E-state index < -0.39 is 0 Å². The lowest BCUT2D eigenvalue weighted by molar-refractivity contribution is 0.0337. The number of hydrogen-bond donors (Lipinski definition) is 1. The molecule has 1 saturated heterocycles. The van der Waals surface area contributed by atoms with Gasteiger partial charge in [0.2, 0.25) is 0 Å². The monoisotopic (exact) mass is 253 g/mol. The Balaban J connectivity index is 1.97. The van der Waals surface area contributed by atoms with Gasteiger partial charge in [0.25, 0.3) is 0 Å². The number of ether oxygens (including phenoxy) is 1. The summed E-state index contributed by atoms with van der Waals surface area (Å²) in [5.41, 5.74) is 1.30. The fourth-order valence-corrected chi connectivity index (χ4v) is 2.55. The summed E-state index contributed by atoms with van der Waals surface area (Å²) in [5, 5.41) is 4.16. The van der Waals surface area contributed by atoms with Gasteiger partial charge in [-0.3, -0.25) is 0 Å². The van der Waals surface area contributed by atoms with Crippen LogP contribution < -0.4 is 5.32 Å². The second-order valence-electron chi connectivity index (χ2n) is 4.79. The Hall–Kier alpha value is -0.570. The minimum absolute atomic E-state index is 0.339. The van der Waals surface area contributed by atoms with E-state index in [1.165, 1.54) is 12.0 Å². The van der Waals surface area contributed by atoms with E-state index in [1.54, 1.807) is 0 Å². The molecule has 1 heterocycles. The van der Waals surface area contributed by atoms with E-state index in [-0.39, 0.29) is 0 Å². The predicted octanol–water partition coefficient (Wildman–Crippen LogP) is 3.04. The molecule has 3 atom stereocenters. The Bertz CT molecular complexity index is 352. The van der Waals surface area contributed by atoms with Crippen molar-refractivity contribution in [1.29, 1.82) is 0 Å². The van der Waals surface area contributed by atoms with Gasteiger partial charge in [-0.1, -0.05) is 23.7 Å². The summed E-state index contributed by atoms with van der Waals surface area (Å²) in [6, 6.07) is 8.46. The molecule has 1 aliphatic heterocycles. The normalized spacial score (nSPS) is 26.1. The zero-order valence-electron chi connectivity index (χ0n) is 10.4. The maximum absolute atomic E-state index is 5.92. The number of benzene rings is 1. The first-order chi connectivity index (χ1) is 8.19. The fraction of sp³-hybridized carbons (Fsp3) is 0.571.